The minimum Gasteiger partial charge on any atom is -0.333 e. The highest BCUT2D eigenvalue weighted by atomic mass is 35.5. The van der Waals surface area contributed by atoms with Gasteiger partial charge in [-0.3, -0.25) is 0 Å². The maximum absolute atomic E-state index is 11.5. The molecular weight excluding hydrogens is 200 g/mol. The van der Waals surface area contributed by atoms with Crippen molar-refractivity contribution < 1.29 is 4.79 Å². The Balaban J connectivity index is 0.000000980. The van der Waals surface area contributed by atoms with Crippen LogP contribution < -0.4 is 5.32 Å². The molecule has 1 saturated carbocycles. The second kappa shape index (κ2) is 4.39. The smallest absolute Gasteiger partial charge is 0.317 e. The summed E-state index contributed by atoms with van der Waals surface area (Å²) >= 11 is 0. The van der Waals surface area contributed by atoms with Gasteiger partial charge < -0.3 is 10.2 Å². The number of urea groups is 1. The van der Waals surface area contributed by atoms with Gasteiger partial charge in [0.2, 0.25) is 0 Å². The Hall–Kier alpha value is -0.440. The highest BCUT2D eigenvalue weighted by Gasteiger charge is 2.34. The van der Waals surface area contributed by atoms with Crippen molar-refractivity contribution >= 4 is 18.4 Å². The largest absolute Gasteiger partial charge is 0.333 e. The molecule has 2 rings (SSSR count). The molecule has 0 spiro atoms. The second-order valence-electron chi connectivity index (χ2n) is 4.65. The molecule has 0 bridgehead atoms. The molecular formula is C10H19ClN2O. The van der Waals surface area contributed by atoms with Gasteiger partial charge in [0.25, 0.3) is 0 Å². The summed E-state index contributed by atoms with van der Waals surface area (Å²) in [4.78, 5) is 13.4. The first kappa shape index (κ1) is 11.6. The summed E-state index contributed by atoms with van der Waals surface area (Å²) in [5, 5.41) is 3.02. The first-order valence-electron chi connectivity index (χ1n) is 5.22. The summed E-state index contributed by atoms with van der Waals surface area (Å²) in [6, 6.07) is 0.511. The molecule has 14 heavy (non-hydrogen) atoms. The number of carbonyl (C=O) groups excluding carboxylic acids is 1. The van der Waals surface area contributed by atoms with Crippen molar-refractivity contribution in [2.75, 3.05) is 13.1 Å². The Labute approximate surface area is 91.6 Å². The van der Waals surface area contributed by atoms with E-state index in [1.54, 1.807) is 0 Å². The predicted octanol–water partition coefficient (Wildman–Crippen LogP) is 1.87. The van der Waals surface area contributed by atoms with Crippen molar-refractivity contribution in [2.24, 2.45) is 11.8 Å². The Kier molecular flexibility index (Phi) is 3.65. The van der Waals surface area contributed by atoms with Crippen LogP contribution in [0.15, 0.2) is 0 Å². The summed E-state index contributed by atoms with van der Waals surface area (Å²) in [6.07, 6.45) is 2.63. The fourth-order valence-electron chi connectivity index (χ4n) is 1.76. The zero-order valence-corrected chi connectivity index (χ0v) is 9.64. The summed E-state index contributed by atoms with van der Waals surface area (Å²) in [5.41, 5.74) is 0. The van der Waals surface area contributed by atoms with E-state index < -0.39 is 0 Å². The van der Waals surface area contributed by atoms with E-state index in [9.17, 15) is 4.79 Å². The molecule has 82 valence electrons. The molecule has 1 aliphatic carbocycles. The molecule has 1 aliphatic heterocycles. The lowest BCUT2D eigenvalue weighted by Crippen LogP contribution is -2.31. The third kappa shape index (κ3) is 2.53. The molecule has 1 unspecified atom stereocenters. The van der Waals surface area contributed by atoms with Crippen LogP contribution in [0.2, 0.25) is 0 Å². The van der Waals surface area contributed by atoms with E-state index in [4.69, 9.17) is 0 Å². The average molecular weight is 219 g/mol. The lowest BCUT2D eigenvalue weighted by atomic mass is 10.1. The van der Waals surface area contributed by atoms with Crippen molar-refractivity contribution in [3.63, 3.8) is 0 Å². The Morgan fingerprint density at radius 2 is 2.14 bits per heavy atom. The maximum Gasteiger partial charge on any atom is 0.317 e. The zero-order chi connectivity index (χ0) is 9.42. The molecule has 1 atom stereocenters. The molecule has 0 radical (unpaired) electrons. The molecule has 4 heteroatoms. The van der Waals surface area contributed by atoms with Gasteiger partial charge in [-0.25, -0.2) is 4.79 Å². The summed E-state index contributed by atoms with van der Waals surface area (Å²) in [5.74, 6) is 1.35. The topological polar surface area (TPSA) is 32.3 Å². The molecule has 0 aromatic heterocycles. The average Bonchev–Trinajstić information content (AvgIpc) is 2.78. The van der Waals surface area contributed by atoms with Gasteiger partial charge in [-0.05, 0) is 24.7 Å². The van der Waals surface area contributed by atoms with E-state index in [1.807, 2.05) is 4.90 Å². The standard InChI is InChI=1S/C10H18N2O.ClH/c1-7(2)9-6-12(10(13)11-9)5-8-3-4-8;/h7-9H,3-6H2,1-2H3,(H,11,13);1H. The van der Waals surface area contributed by atoms with Crippen molar-refractivity contribution in [2.45, 2.75) is 32.7 Å². The molecule has 0 aromatic carbocycles. The fourth-order valence-corrected chi connectivity index (χ4v) is 1.76. The van der Waals surface area contributed by atoms with Gasteiger partial charge in [-0.2, -0.15) is 0 Å². The van der Waals surface area contributed by atoms with Crippen LogP contribution in [0.25, 0.3) is 0 Å². The quantitative estimate of drug-likeness (QED) is 0.771. The van der Waals surface area contributed by atoms with Crippen LogP contribution in [-0.2, 0) is 0 Å². The first-order chi connectivity index (χ1) is 6.16. The lowest BCUT2D eigenvalue weighted by molar-refractivity contribution is 0.215. The van der Waals surface area contributed by atoms with Crippen molar-refractivity contribution in [1.29, 1.82) is 0 Å². The van der Waals surface area contributed by atoms with Crippen LogP contribution in [0, 0.1) is 11.8 Å². The van der Waals surface area contributed by atoms with Gasteiger partial charge in [-0.1, -0.05) is 13.8 Å². The van der Waals surface area contributed by atoms with Crippen LogP contribution in [0.5, 0.6) is 0 Å². The fraction of sp³-hybridized carbons (Fsp3) is 0.900. The van der Waals surface area contributed by atoms with Crippen LogP contribution in [0.1, 0.15) is 26.7 Å². The van der Waals surface area contributed by atoms with Gasteiger partial charge in [0.1, 0.15) is 0 Å². The van der Waals surface area contributed by atoms with Gasteiger partial charge >= 0.3 is 6.03 Å². The van der Waals surface area contributed by atoms with E-state index in [0.717, 1.165) is 19.0 Å². The predicted molar refractivity (Wildman–Crippen MR) is 58.7 cm³/mol. The van der Waals surface area contributed by atoms with Crippen LogP contribution in [-0.4, -0.2) is 30.1 Å². The number of halogens is 1. The molecule has 3 nitrogen and oxygen atoms in total. The SMILES string of the molecule is CC(C)C1CN(CC2CC2)C(=O)N1.Cl. The molecule has 2 amide bonds. The van der Waals surface area contributed by atoms with Gasteiger partial charge in [0.05, 0.1) is 6.04 Å². The van der Waals surface area contributed by atoms with Crippen molar-refractivity contribution in [1.82, 2.24) is 10.2 Å². The Bertz CT molecular complexity index is 216. The highest BCUT2D eigenvalue weighted by molar-refractivity contribution is 5.85. The highest BCUT2D eigenvalue weighted by Crippen LogP contribution is 2.30. The molecule has 0 aromatic rings. The van der Waals surface area contributed by atoms with E-state index in [1.165, 1.54) is 12.8 Å². The summed E-state index contributed by atoms with van der Waals surface area (Å²) < 4.78 is 0. The number of amides is 2. The second-order valence-corrected chi connectivity index (χ2v) is 4.65. The van der Waals surface area contributed by atoms with Gasteiger partial charge in [0, 0.05) is 13.1 Å². The van der Waals surface area contributed by atoms with E-state index in [-0.39, 0.29) is 18.4 Å². The van der Waals surface area contributed by atoms with Gasteiger partial charge in [-0.15, -0.1) is 12.4 Å². The van der Waals surface area contributed by atoms with E-state index in [0.29, 0.717) is 12.0 Å². The zero-order valence-electron chi connectivity index (χ0n) is 8.82. The minimum atomic E-state index is 0. The molecule has 1 N–H and O–H groups in total. The Morgan fingerprint density at radius 1 is 1.50 bits per heavy atom. The number of hydrogen-bond donors (Lipinski definition) is 1. The third-order valence-electron chi connectivity index (χ3n) is 2.99. The normalized spacial score (nSPS) is 26.4. The van der Waals surface area contributed by atoms with Crippen molar-refractivity contribution in [3.8, 4) is 0 Å². The monoisotopic (exact) mass is 218 g/mol. The lowest BCUT2D eigenvalue weighted by Gasteiger charge is -2.15. The number of nitrogens with zero attached hydrogens (tertiary/aromatic N) is 1. The number of hydrogen-bond acceptors (Lipinski definition) is 1. The third-order valence-corrected chi connectivity index (χ3v) is 2.99. The van der Waals surface area contributed by atoms with Gasteiger partial charge in [0.15, 0.2) is 0 Å². The van der Waals surface area contributed by atoms with E-state index in [2.05, 4.69) is 19.2 Å². The van der Waals surface area contributed by atoms with Crippen LogP contribution in [0.4, 0.5) is 4.79 Å². The minimum absolute atomic E-state index is 0. The maximum atomic E-state index is 11.5. The van der Waals surface area contributed by atoms with Crippen molar-refractivity contribution in [3.05, 3.63) is 0 Å². The Morgan fingerprint density at radius 3 is 2.57 bits per heavy atom. The number of nitrogens with one attached hydrogen (secondary N) is 1. The van der Waals surface area contributed by atoms with Crippen LogP contribution in [0.3, 0.4) is 0 Å². The first-order valence-corrected chi connectivity index (χ1v) is 5.22. The molecule has 1 saturated heterocycles. The molecule has 2 aliphatic rings. The molecule has 2 fully saturated rings. The van der Waals surface area contributed by atoms with E-state index >= 15 is 0 Å². The summed E-state index contributed by atoms with van der Waals surface area (Å²) in [6.45, 7) is 6.21. The summed E-state index contributed by atoms with van der Waals surface area (Å²) in [7, 11) is 0. The number of rotatable bonds is 3. The number of carbonyl (C=O) groups is 1. The molecule has 1 heterocycles. The van der Waals surface area contributed by atoms with Crippen LogP contribution >= 0.6 is 12.4 Å².